The molecule has 6 heteroatoms. The molecule has 68 valence electrons. The zero-order valence-electron chi connectivity index (χ0n) is 7.35. The molecule has 0 atom stereocenters. The van der Waals surface area contributed by atoms with Crippen molar-refractivity contribution < 1.29 is 54.5 Å². The van der Waals surface area contributed by atoms with Crippen LogP contribution in [0.4, 0.5) is 0 Å². The summed E-state index contributed by atoms with van der Waals surface area (Å²) in [5, 5.41) is 27.8. The second-order valence-electron chi connectivity index (χ2n) is 2.32. The third-order valence-electron chi connectivity index (χ3n) is 1.46. The van der Waals surface area contributed by atoms with Gasteiger partial charge in [-0.1, -0.05) is 0 Å². The van der Waals surface area contributed by atoms with E-state index in [0.29, 0.717) is 0 Å². The van der Waals surface area contributed by atoms with E-state index < -0.39 is 23.3 Å². The Hall–Kier alpha value is -1.04. The minimum atomic E-state index is -1.55. The van der Waals surface area contributed by atoms with Crippen LogP contribution in [0.1, 0.15) is 20.7 Å². The maximum Gasteiger partial charge on any atom is 1.00 e. The zero-order valence-corrected chi connectivity index (χ0v) is 9.35. The molecule has 5 nitrogen and oxygen atoms in total. The van der Waals surface area contributed by atoms with E-state index >= 15 is 0 Å². The first kappa shape index (κ1) is 13.0. The fourth-order valence-electron chi connectivity index (χ4n) is 0.837. The quantitative estimate of drug-likeness (QED) is 0.486. The molecule has 1 aromatic rings. The number of benzene rings is 1. The number of phenols is 1. The Kier molecular flexibility index (Phi) is 4.62. The fraction of sp³-hybridized carbons (Fsp3) is 0. The average Bonchev–Trinajstić information content (AvgIpc) is 2.03. The summed E-state index contributed by atoms with van der Waals surface area (Å²) in [6.07, 6.45) is 0. The summed E-state index contributed by atoms with van der Waals surface area (Å²) in [4.78, 5) is 20.6. The van der Waals surface area contributed by atoms with E-state index in [1.165, 1.54) is 0 Å². The Labute approximate surface area is 101 Å². The fourth-order valence-corrected chi connectivity index (χ4v) is 0.837. The second-order valence-corrected chi connectivity index (χ2v) is 2.32. The van der Waals surface area contributed by atoms with Crippen molar-refractivity contribution in [3.8, 4) is 5.75 Å². The summed E-state index contributed by atoms with van der Waals surface area (Å²) in [5.74, 6) is -3.39. The van der Waals surface area contributed by atoms with Gasteiger partial charge in [-0.2, -0.15) is 0 Å². The van der Waals surface area contributed by atoms with Gasteiger partial charge in [0.15, 0.2) is 0 Å². The van der Waals surface area contributed by atoms with E-state index in [1.807, 2.05) is 0 Å². The first-order valence-electron chi connectivity index (χ1n) is 3.30. The van der Waals surface area contributed by atoms with Crippen LogP contribution in [-0.4, -0.2) is 22.2 Å². The van der Waals surface area contributed by atoms with Gasteiger partial charge < -0.3 is 20.1 Å². The molecule has 0 heterocycles. The normalized spacial score (nSPS) is 8.86. The number of carbonyl (C=O) groups is 2. The van der Waals surface area contributed by atoms with Crippen LogP contribution in [0.3, 0.4) is 0 Å². The number of aromatic carboxylic acids is 2. The summed E-state index contributed by atoms with van der Waals surface area (Å²) < 4.78 is 0. The van der Waals surface area contributed by atoms with E-state index in [9.17, 15) is 14.7 Å². The molecule has 0 unspecified atom stereocenters. The molecule has 0 aromatic heterocycles. The first-order chi connectivity index (χ1) is 6.02. The zero-order chi connectivity index (χ0) is 10.0. The summed E-state index contributed by atoms with van der Waals surface area (Å²) in [6, 6.07) is 2.91. The van der Waals surface area contributed by atoms with Gasteiger partial charge in [-0.05, 0) is 18.2 Å². The van der Waals surface area contributed by atoms with Gasteiger partial charge in [0.05, 0.1) is 11.5 Å². The van der Waals surface area contributed by atoms with Crippen LogP contribution < -0.4 is 34.7 Å². The SMILES string of the molecule is O=C(O)c1ccc(C(=O)[O-])c(O)c1.[Na+]. The molecule has 0 fully saturated rings. The van der Waals surface area contributed by atoms with E-state index in [-0.39, 0.29) is 35.1 Å². The molecule has 0 amide bonds. The largest absolute Gasteiger partial charge is 1.00 e. The number of rotatable bonds is 2. The van der Waals surface area contributed by atoms with Gasteiger partial charge in [-0.25, -0.2) is 4.79 Å². The average molecular weight is 204 g/mol. The Morgan fingerprint density at radius 2 is 1.86 bits per heavy atom. The third kappa shape index (κ3) is 2.73. The molecule has 1 aromatic carbocycles. The number of hydrogen-bond donors (Lipinski definition) is 2. The van der Waals surface area contributed by atoms with Crippen molar-refractivity contribution in [2.75, 3.05) is 0 Å². The molecule has 1 rings (SSSR count). The van der Waals surface area contributed by atoms with Crippen molar-refractivity contribution in [1.82, 2.24) is 0 Å². The Bertz CT molecular complexity index is 374. The van der Waals surface area contributed by atoms with Gasteiger partial charge >= 0.3 is 35.5 Å². The molecular weight excluding hydrogens is 199 g/mol. The summed E-state index contributed by atoms with van der Waals surface area (Å²) >= 11 is 0. The number of carbonyl (C=O) groups excluding carboxylic acids is 1. The number of carboxylic acid groups (broad SMARTS) is 2. The van der Waals surface area contributed by atoms with Crippen LogP contribution >= 0.6 is 0 Å². The molecule has 0 saturated heterocycles. The predicted octanol–water partition coefficient (Wildman–Crippen LogP) is -3.54. The van der Waals surface area contributed by atoms with Crippen LogP contribution in [0, 0.1) is 0 Å². The summed E-state index contributed by atoms with van der Waals surface area (Å²) in [6.45, 7) is 0. The number of carboxylic acids is 2. The molecule has 0 radical (unpaired) electrons. The number of hydrogen-bond acceptors (Lipinski definition) is 4. The molecule has 0 saturated carbocycles. The maximum absolute atomic E-state index is 10.4. The minimum Gasteiger partial charge on any atom is -0.545 e. The van der Waals surface area contributed by atoms with Crippen LogP contribution in [0.5, 0.6) is 5.75 Å². The Balaban J connectivity index is 0.00000169. The van der Waals surface area contributed by atoms with E-state index in [4.69, 9.17) is 10.2 Å². The van der Waals surface area contributed by atoms with Crippen molar-refractivity contribution >= 4 is 11.9 Å². The van der Waals surface area contributed by atoms with E-state index in [1.54, 1.807) is 0 Å². The van der Waals surface area contributed by atoms with Crippen LogP contribution in [0.2, 0.25) is 0 Å². The molecule has 0 aliphatic carbocycles. The third-order valence-corrected chi connectivity index (χ3v) is 1.46. The monoisotopic (exact) mass is 204 g/mol. The topological polar surface area (TPSA) is 97.7 Å². The van der Waals surface area contributed by atoms with Gasteiger partial charge in [0.25, 0.3) is 0 Å². The molecule has 2 N–H and O–H groups in total. The summed E-state index contributed by atoms with van der Waals surface area (Å²) in [7, 11) is 0. The molecule has 0 aliphatic heterocycles. The van der Waals surface area contributed by atoms with Crippen LogP contribution in [0.25, 0.3) is 0 Å². The van der Waals surface area contributed by atoms with Crippen molar-refractivity contribution in [2.24, 2.45) is 0 Å². The standard InChI is InChI=1S/C8H6O5.Na/c9-6-3-4(7(10)11)1-2-5(6)8(12)13;/h1-3,9H,(H,10,11)(H,12,13);/q;+1/p-1. The minimum absolute atomic E-state index is 0. The smallest absolute Gasteiger partial charge is 0.545 e. The molecular formula is C8H5NaO5. The maximum atomic E-state index is 10.4. The van der Waals surface area contributed by atoms with Crippen molar-refractivity contribution in [2.45, 2.75) is 0 Å². The van der Waals surface area contributed by atoms with Crippen molar-refractivity contribution in [1.29, 1.82) is 0 Å². The number of aromatic hydroxyl groups is 1. The van der Waals surface area contributed by atoms with Crippen LogP contribution in [-0.2, 0) is 0 Å². The Morgan fingerprint density at radius 3 is 2.21 bits per heavy atom. The van der Waals surface area contributed by atoms with Gasteiger partial charge in [-0.15, -0.1) is 0 Å². The van der Waals surface area contributed by atoms with Gasteiger partial charge in [-0.3, -0.25) is 0 Å². The molecule has 0 spiro atoms. The predicted molar refractivity (Wildman–Crippen MR) is 39.4 cm³/mol. The molecule has 0 bridgehead atoms. The molecule has 14 heavy (non-hydrogen) atoms. The van der Waals surface area contributed by atoms with E-state index in [2.05, 4.69) is 0 Å². The second kappa shape index (κ2) is 4.99. The first-order valence-corrected chi connectivity index (χ1v) is 3.30. The van der Waals surface area contributed by atoms with Crippen molar-refractivity contribution in [3.63, 3.8) is 0 Å². The van der Waals surface area contributed by atoms with Gasteiger partial charge in [0.1, 0.15) is 5.75 Å². The molecule has 0 aliphatic rings. The summed E-state index contributed by atoms with van der Waals surface area (Å²) in [5.41, 5.74) is -0.604. The van der Waals surface area contributed by atoms with Gasteiger partial charge in [0, 0.05) is 5.56 Å². The Morgan fingerprint density at radius 1 is 1.29 bits per heavy atom. The van der Waals surface area contributed by atoms with E-state index in [0.717, 1.165) is 18.2 Å². The van der Waals surface area contributed by atoms with Crippen molar-refractivity contribution in [3.05, 3.63) is 29.3 Å². The van der Waals surface area contributed by atoms with Gasteiger partial charge in [0.2, 0.25) is 0 Å². The van der Waals surface area contributed by atoms with Crippen LogP contribution in [0.15, 0.2) is 18.2 Å².